The first-order chi connectivity index (χ1) is 15.2. The third kappa shape index (κ3) is 4.77. The Hall–Kier alpha value is -3.20. The number of carbonyl (C=O) groups is 1. The van der Waals surface area contributed by atoms with Crippen LogP contribution in [-0.4, -0.2) is 50.7 Å². The number of hydrogen-bond donors (Lipinski definition) is 1. The zero-order valence-corrected chi connectivity index (χ0v) is 17.8. The topological polar surface area (TPSA) is 65.4 Å². The summed E-state index contributed by atoms with van der Waals surface area (Å²) in [4.78, 5) is 15.4. The molecule has 0 bridgehead atoms. The monoisotopic (exact) mass is 413 g/mol. The Morgan fingerprint density at radius 3 is 2.81 bits per heavy atom. The summed E-state index contributed by atoms with van der Waals surface area (Å²) in [5.41, 5.74) is 3.31. The number of hydrogen-bond acceptors (Lipinski definition) is 4. The summed E-state index contributed by atoms with van der Waals surface area (Å²) in [6.07, 6.45) is 1.10. The van der Waals surface area contributed by atoms with E-state index in [9.17, 15) is 10.1 Å². The van der Waals surface area contributed by atoms with E-state index in [2.05, 4.69) is 16.3 Å². The molecule has 4 rings (SSSR count). The standard InChI is InChI=1S/C26H27N3O2/c1-31-14-13-29-12-11-20(18-29)17-28-26(30)25-10-9-22(23-7-2-3-8-24(23)25)21-6-4-5-19(15-21)16-27/h2-10,15,20H,11-14,17-18H2,1H3,(H,28,30). The molecule has 1 unspecified atom stereocenters. The number of benzene rings is 3. The minimum absolute atomic E-state index is 0.0381. The van der Waals surface area contributed by atoms with E-state index in [1.807, 2.05) is 54.6 Å². The van der Waals surface area contributed by atoms with Crippen molar-refractivity contribution < 1.29 is 9.53 Å². The molecule has 1 fully saturated rings. The Kier molecular flexibility index (Phi) is 6.61. The van der Waals surface area contributed by atoms with E-state index < -0.39 is 0 Å². The van der Waals surface area contributed by atoms with Crippen LogP contribution in [0.2, 0.25) is 0 Å². The van der Waals surface area contributed by atoms with Gasteiger partial charge < -0.3 is 15.0 Å². The van der Waals surface area contributed by atoms with Gasteiger partial charge >= 0.3 is 0 Å². The summed E-state index contributed by atoms with van der Waals surface area (Å²) in [7, 11) is 1.73. The summed E-state index contributed by atoms with van der Waals surface area (Å²) in [5.74, 6) is 0.434. The van der Waals surface area contributed by atoms with Crippen LogP contribution in [0.5, 0.6) is 0 Å². The first-order valence-electron chi connectivity index (χ1n) is 10.7. The van der Waals surface area contributed by atoms with E-state index in [-0.39, 0.29) is 5.91 Å². The van der Waals surface area contributed by atoms with Crippen molar-refractivity contribution in [2.45, 2.75) is 6.42 Å². The third-order valence-electron chi connectivity index (χ3n) is 6.00. The molecule has 5 heteroatoms. The lowest BCUT2D eigenvalue weighted by atomic mass is 9.94. The lowest BCUT2D eigenvalue weighted by Crippen LogP contribution is -2.31. The summed E-state index contributed by atoms with van der Waals surface area (Å²) >= 11 is 0. The van der Waals surface area contributed by atoms with Crippen LogP contribution < -0.4 is 5.32 Å². The molecule has 5 nitrogen and oxygen atoms in total. The van der Waals surface area contributed by atoms with Gasteiger partial charge in [0.25, 0.3) is 5.91 Å². The molecule has 0 spiro atoms. The van der Waals surface area contributed by atoms with Gasteiger partial charge in [-0.3, -0.25) is 4.79 Å². The van der Waals surface area contributed by atoms with Crippen molar-refractivity contribution in [2.75, 3.05) is 39.9 Å². The van der Waals surface area contributed by atoms with Crippen LogP contribution in [0.15, 0.2) is 60.7 Å². The molecule has 1 amide bonds. The van der Waals surface area contributed by atoms with Gasteiger partial charge in [0.15, 0.2) is 0 Å². The SMILES string of the molecule is COCCN1CCC(CNC(=O)c2ccc(-c3cccc(C#N)c3)c3ccccc23)C1. The molecule has 0 saturated carbocycles. The van der Waals surface area contributed by atoms with Crippen molar-refractivity contribution in [1.82, 2.24) is 10.2 Å². The number of rotatable bonds is 7. The Balaban J connectivity index is 1.52. The highest BCUT2D eigenvalue weighted by molar-refractivity contribution is 6.11. The van der Waals surface area contributed by atoms with Crippen molar-refractivity contribution in [3.05, 3.63) is 71.8 Å². The van der Waals surface area contributed by atoms with Crippen molar-refractivity contribution in [1.29, 1.82) is 5.26 Å². The quantitative estimate of drug-likeness (QED) is 0.634. The van der Waals surface area contributed by atoms with Gasteiger partial charge in [-0.05, 0) is 59.0 Å². The molecule has 1 saturated heterocycles. The average molecular weight is 414 g/mol. The fraction of sp³-hybridized carbons (Fsp3) is 0.308. The summed E-state index contributed by atoms with van der Waals surface area (Å²) in [5, 5.41) is 14.3. The highest BCUT2D eigenvalue weighted by atomic mass is 16.5. The van der Waals surface area contributed by atoms with Gasteiger partial charge in [-0.1, -0.05) is 42.5 Å². The van der Waals surface area contributed by atoms with E-state index in [0.29, 0.717) is 23.6 Å². The van der Waals surface area contributed by atoms with Gasteiger partial charge in [-0.2, -0.15) is 5.26 Å². The molecule has 1 aliphatic rings. The van der Waals surface area contributed by atoms with Gasteiger partial charge in [-0.15, -0.1) is 0 Å². The maximum absolute atomic E-state index is 13.0. The van der Waals surface area contributed by atoms with Crippen LogP contribution in [0.1, 0.15) is 22.3 Å². The van der Waals surface area contributed by atoms with Gasteiger partial charge in [0, 0.05) is 32.3 Å². The summed E-state index contributed by atoms with van der Waals surface area (Å²) in [6.45, 7) is 4.43. The van der Waals surface area contributed by atoms with Crippen molar-refractivity contribution >= 4 is 16.7 Å². The number of nitrogens with zero attached hydrogens (tertiary/aromatic N) is 2. The van der Waals surface area contributed by atoms with Crippen LogP contribution in [0, 0.1) is 17.2 Å². The van der Waals surface area contributed by atoms with E-state index in [1.165, 1.54) is 0 Å². The van der Waals surface area contributed by atoms with Crippen LogP contribution in [0.3, 0.4) is 0 Å². The normalized spacial score (nSPS) is 16.3. The molecule has 1 atom stereocenters. The number of methoxy groups -OCH3 is 1. The van der Waals surface area contributed by atoms with Gasteiger partial charge in [0.05, 0.1) is 18.2 Å². The van der Waals surface area contributed by atoms with Crippen LogP contribution in [-0.2, 0) is 4.74 Å². The van der Waals surface area contributed by atoms with Crippen molar-refractivity contribution in [3.8, 4) is 17.2 Å². The second kappa shape index (κ2) is 9.74. The zero-order chi connectivity index (χ0) is 21.6. The highest BCUT2D eigenvalue weighted by Crippen LogP contribution is 2.31. The van der Waals surface area contributed by atoms with E-state index >= 15 is 0 Å². The van der Waals surface area contributed by atoms with Gasteiger partial charge in [0.2, 0.25) is 0 Å². The average Bonchev–Trinajstić information content (AvgIpc) is 3.28. The van der Waals surface area contributed by atoms with E-state index in [4.69, 9.17) is 4.74 Å². The first-order valence-corrected chi connectivity index (χ1v) is 10.7. The number of fused-ring (bicyclic) bond motifs is 1. The second-order valence-electron chi connectivity index (χ2n) is 8.06. The zero-order valence-electron chi connectivity index (χ0n) is 17.8. The second-order valence-corrected chi connectivity index (χ2v) is 8.06. The summed E-state index contributed by atoms with van der Waals surface area (Å²) in [6, 6.07) is 21.6. The maximum Gasteiger partial charge on any atom is 0.251 e. The van der Waals surface area contributed by atoms with Crippen molar-refractivity contribution in [3.63, 3.8) is 0 Å². The largest absolute Gasteiger partial charge is 0.383 e. The fourth-order valence-electron chi connectivity index (χ4n) is 4.34. The Morgan fingerprint density at radius 1 is 1.16 bits per heavy atom. The molecule has 0 aliphatic carbocycles. The Bertz CT molecular complexity index is 1120. The lowest BCUT2D eigenvalue weighted by molar-refractivity contribution is 0.0948. The predicted molar refractivity (Wildman–Crippen MR) is 123 cm³/mol. The van der Waals surface area contributed by atoms with Gasteiger partial charge in [0.1, 0.15) is 0 Å². The maximum atomic E-state index is 13.0. The third-order valence-corrected chi connectivity index (χ3v) is 6.00. The lowest BCUT2D eigenvalue weighted by Gasteiger charge is -2.16. The van der Waals surface area contributed by atoms with E-state index in [1.54, 1.807) is 13.2 Å². The number of amides is 1. The molecule has 1 N–H and O–H groups in total. The Morgan fingerprint density at radius 2 is 2.00 bits per heavy atom. The molecule has 3 aromatic rings. The predicted octanol–water partition coefficient (Wildman–Crippen LogP) is 4.08. The number of nitriles is 1. The molecule has 31 heavy (non-hydrogen) atoms. The number of ether oxygens (including phenoxy) is 1. The van der Waals surface area contributed by atoms with E-state index in [0.717, 1.165) is 54.6 Å². The molecule has 3 aromatic carbocycles. The molecule has 0 aromatic heterocycles. The van der Waals surface area contributed by atoms with Crippen LogP contribution in [0.4, 0.5) is 0 Å². The van der Waals surface area contributed by atoms with Crippen LogP contribution in [0.25, 0.3) is 21.9 Å². The van der Waals surface area contributed by atoms with Gasteiger partial charge in [-0.25, -0.2) is 0 Å². The molecular formula is C26H27N3O2. The minimum Gasteiger partial charge on any atom is -0.383 e. The molecule has 0 radical (unpaired) electrons. The summed E-state index contributed by atoms with van der Waals surface area (Å²) < 4.78 is 5.16. The number of likely N-dealkylation sites (tertiary alicyclic amines) is 1. The molecule has 1 heterocycles. The smallest absolute Gasteiger partial charge is 0.251 e. The first kappa shape index (κ1) is 21.0. The van der Waals surface area contributed by atoms with Crippen LogP contribution >= 0.6 is 0 Å². The fourth-order valence-corrected chi connectivity index (χ4v) is 4.34. The molecule has 158 valence electrons. The molecule has 1 aliphatic heterocycles. The Labute approximate surface area is 183 Å². The number of carbonyl (C=O) groups excluding carboxylic acids is 1. The van der Waals surface area contributed by atoms with Crippen molar-refractivity contribution in [2.24, 2.45) is 5.92 Å². The minimum atomic E-state index is -0.0381. The highest BCUT2D eigenvalue weighted by Gasteiger charge is 2.23. The molecular weight excluding hydrogens is 386 g/mol. The number of nitrogens with one attached hydrogen (secondary N) is 1.